The van der Waals surface area contributed by atoms with Gasteiger partial charge in [0, 0.05) is 19.3 Å². The van der Waals surface area contributed by atoms with Gasteiger partial charge in [-0.25, -0.2) is 9.13 Å². The highest BCUT2D eigenvalue weighted by molar-refractivity contribution is 7.47. The molecule has 16 nitrogen and oxygen atoms in total. The zero-order chi connectivity index (χ0) is 75.2. The molecule has 4 N–H and O–H groups in total. The highest BCUT2D eigenvalue weighted by atomic mass is 31.2. The van der Waals surface area contributed by atoms with E-state index in [1.165, 1.54) is 89.9 Å². The number of phosphoric acid groups is 2. The first kappa shape index (κ1) is 97.9. The number of hydrogen-bond acceptors (Lipinski definition) is 14. The van der Waals surface area contributed by atoms with Crippen LogP contribution in [0.1, 0.15) is 290 Å². The number of carbonyl (C=O) groups excluding carboxylic acids is 3. The third kappa shape index (κ3) is 77.8. The van der Waals surface area contributed by atoms with Crippen molar-refractivity contribution < 1.29 is 75.8 Å². The highest BCUT2D eigenvalue weighted by Gasteiger charge is 2.29. The normalized spacial score (nSPS) is 14.9. The second-order valence-corrected chi connectivity index (χ2v) is 28.6. The van der Waals surface area contributed by atoms with Gasteiger partial charge in [-0.1, -0.05) is 300 Å². The molecular formula is C85H140O16P2. The van der Waals surface area contributed by atoms with Crippen molar-refractivity contribution in [2.75, 3.05) is 39.6 Å². The minimum Gasteiger partial charge on any atom is -0.463 e. The fourth-order valence-electron chi connectivity index (χ4n) is 10.0. The Balaban J connectivity index is 4.50. The second-order valence-electron chi connectivity index (χ2n) is 25.7. The number of carbonyl (C=O) groups is 3. The van der Waals surface area contributed by atoms with Crippen LogP contribution in [-0.4, -0.2) is 95.9 Å². The summed E-state index contributed by atoms with van der Waals surface area (Å²) in [6.07, 6.45) is 97.2. The smallest absolute Gasteiger partial charge is 0.463 e. The lowest BCUT2D eigenvalue weighted by molar-refractivity contribution is -0.161. The van der Waals surface area contributed by atoms with Gasteiger partial charge >= 0.3 is 33.6 Å². The molecule has 0 aliphatic rings. The summed E-state index contributed by atoms with van der Waals surface area (Å²) in [5, 5.41) is 20.6. The van der Waals surface area contributed by atoms with E-state index in [0.717, 1.165) is 135 Å². The van der Waals surface area contributed by atoms with Crippen LogP contribution in [0, 0.1) is 0 Å². The first-order chi connectivity index (χ1) is 50.2. The van der Waals surface area contributed by atoms with E-state index in [-0.39, 0.29) is 19.3 Å². The van der Waals surface area contributed by atoms with E-state index in [1.807, 2.05) is 12.2 Å². The molecular weight excluding hydrogens is 1340 g/mol. The van der Waals surface area contributed by atoms with Crippen molar-refractivity contribution >= 4 is 33.6 Å². The predicted molar refractivity (Wildman–Crippen MR) is 426 cm³/mol. The number of phosphoric ester groups is 2. The van der Waals surface area contributed by atoms with Crippen molar-refractivity contribution in [1.82, 2.24) is 0 Å². The lowest BCUT2D eigenvalue weighted by atomic mass is 10.0. The van der Waals surface area contributed by atoms with Gasteiger partial charge in [-0.15, -0.1) is 0 Å². The molecule has 5 atom stereocenters. The molecule has 5 unspecified atom stereocenters. The third-order valence-corrected chi connectivity index (χ3v) is 17.8. The second kappa shape index (κ2) is 76.6. The van der Waals surface area contributed by atoms with E-state index in [4.69, 9.17) is 32.3 Å². The van der Waals surface area contributed by atoms with Crippen LogP contribution in [0.3, 0.4) is 0 Å². The van der Waals surface area contributed by atoms with E-state index in [2.05, 4.69) is 179 Å². The van der Waals surface area contributed by atoms with Crippen LogP contribution in [0.25, 0.3) is 0 Å². The zero-order valence-electron chi connectivity index (χ0n) is 63.9. The fourth-order valence-corrected chi connectivity index (χ4v) is 11.6. The molecule has 18 heteroatoms. The molecule has 0 aromatic carbocycles. The van der Waals surface area contributed by atoms with Crippen LogP contribution in [0.15, 0.2) is 170 Å². The maximum absolute atomic E-state index is 12.9. The number of hydrogen-bond donors (Lipinski definition) is 4. The zero-order valence-corrected chi connectivity index (χ0v) is 65.7. The standard InChI is InChI=1S/C85H140O16P2/c1-4-7-10-13-16-19-22-25-28-31-32-33-34-35-36-37-38-39-40-41-42-43-44-45-46-49-51-53-56-59-62-65-68-71-83(88)95-74-80(86)75-97-102(91,92)98-76-81(87)77-99-103(93,94)100-79-82(101-85(90)73-70-67-64-61-58-55-52-48-30-27-24-21-18-15-12-9-6-3)78-96-84(89)72-69-66-63-60-57-54-50-47-29-26-23-20-17-14-11-8-5-2/h7-12,16-21,25-30,32-33,35-36,50,52,54-55,60,63,80-82,86-87H,4-6,13-15,22-24,31,34,37-49,51,53,56-59,61-62,64-79H2,1-3H3,(H,91,92)(H,93,94)/b10-7-,11-8-,12-9-,19-16-,20-17-,21-18-,28-25-,29-26-,30-27-,33-32-,36-35-,54-50-,55-52-,63-60-. The Bertz CT molecular complexity index is 2550. The number of esters is 3. The van der Waals surface area contributed by atoms with Gasteiger partial charge in [0.05, 0.1) is 26.4 Å². The lowest BCUT2D eigenvalue weighted by Crippen LogP contribution is -2.30. The fraction of sp³-hybridized carbons (Fsp3) is 0.635. The number of unbranched alkanes of at least 4 members (excludes halogenated alkanes) is 22. The number of aliphatic hydroxyl groups is 2. The molecule has 0 radical (unpaired) electrons. The topological polar surface area (TPSA) is 231 Å². The summed E-state index contributed by atoms with van der Waals surface area (Å²) in [7, 11) is -9.82. The average Bonchev–Trinajstić information content (AvgIpc) is 0.915. The Morgan fingerprint density at radius 3 is 0.806 bits per heavy atom. The van der Waals surface area contributed by atoms with E-state index in [9.17, 15) is 43.5 Å². The molecule has 0 aliphatic heterocycles. The van der Waals surface area contributed by atoms with Crippen molar-refractivity contribution in [1.29, 1.82) is 0 Å². The number of aliphatic hydroxyl groups excluding tert-OH is 2. The average molecular weight is 1480 g/mol. The molecule has 0 amide bonds. The molecule has 0 aromatic rings. The summed E-state index contributed by atoms with van der Waals surface area (Å²) in [6, 6.07) is 0. The molecule has 0 rings (SSSR count). The Hall–Kier alpha value is -5.09. The summed E-state index contributed by atoms with van der Waals surface area (Å²) in [6.45, 7) is 2.23. The van der Waals surface area contributed by atoms with E-state index >= 15 is 0 Å². The molecule has 0 saturated heterocycles. The van der Waals surface area contributed by atoms with Gasteiger partial charge in [0.25, 0.3) is 0 Å². The number of allylic oxidation sites excluding steroid dienone is 28. The Kier molecular flexibility index (Phi) is 72.8. The van der Waals surface area contributed by atoms with Crippen molar-refractivity contribution in [3.05, 3.63) is 170 Å². The molecule has 0 bridgehead atoms. The van der Waals surface area contributed by atoms with Gasteiger partial charge in [-0.05, 0) is 141 Å². The van der Waals surface area contributed by atoms with E-state index < -0.39 is 91.5 Å². The van der Waals surface area contributed by atoms with Gasteiger partial charge in [-0.2, -0.15) is 0 Å². The highest BCUT2D eigenvalue weighted by Crippen LogP contribution is 2.45. The molecule has 0 spiro atoms. The van der Waals surface area contributed by atoms with Crippen molar-refractivity contribution in [2.24, 2.45) is 0 Å². The minimum absolute atomic E-state index is 0.0588. The van der Waals surface area contributed by atoms with Crippen LogP contribution in [-0.2, 0) is 55.8 Å². The first-order valence-corrected chi connectivity index (χ1v) is 42.4. The van der Waals surface area contributed by atoms with Crippen molar-refractivity contribution in [3.8, 4) is 0 Å². The maximum Gasteiger partial charge on any atom is 0.472 e. The van der Waals surface area contributed by atoms with E-state index in [1.54, 1.807) is 0 Å². The van der Waals surface area contributed by atoms with Gasteiger partial charge in [-0.3, -0.25) is 32.5 Å². The monoisotopic (exact) mass is 1480 g/mol. The molecule has 0 fully saturated rings. The predicted octanol–water partition coefficient (Wildman–Crippen LogP) is 23.2. The van der Waals surface area contributed by atoms with Crippen LogP contribution < -0.4 is 0 Å². The lowest BCUT2D eigenvalue weighted by Gasteiger charge is -2.21. The largest absolute Gasteiger partial charge is 0.472 e. The summed E-state index contributed by atoms with van der Waals surface area (Å²) in [5.74, 6) is -1.68. The Labute approximate surface area is 624 Å². The quantitative estimate of drug-likeness (QED) is 0.0146. The van der Waals surface area contributed by atoms with Crippen LogP contribution in [0.2, 0.25) is 0 Å². The van der Waals surface area contributed by atoms with Crippen molar-refractivity contribution in [2.45, 2.75) is 309 Å². The summed E-state index contributed by atoms with van der Waals surface area (Å²) >= 11 is 0. The van der Waals surface area contributed by atoms with Gasteiger partial charge in [0.15, 0.2) is 6.10 Å². The molecule has 0 saturated carbocycles. The molecule has 0 heterocycles. The Morgan fingerprint density at radius 2 is 0.495 bits per heavy atom. The van der Waals surface area contributed by atoms with Gasteiger partial charge in [0.2, 0.25) is 0 Å². The number of ether oxygens (including phenoxy) is 3. The first-order valence-electron chi connectivity index (χ1n) is 39.4. The minimum atomic E-state index is -4.95. The molecule has 0 aromatic heterocycles. The van der Waals surface area contributed by atoms with Crippen LogP contribution >= 0.6 is 15.6 Å². The van der Waals surface area contributed by atoms with Crippen molar-refractivity contribution in [3.63, 3.8) is 0 Å². The van der Waals surface area contributed by atoms with Crippen LogP contribution in [0.5, 0.6) is 0 Å². The SMILES string of the molecule is CC/C=C\C/C=C\C/C=C\C/C=C\C/C=C\CCCCCCCCCCCCCCCCCCCC(=O)OCC(O)COP(=O)(O)OCC(O)COP(=O)(O)OCC(COC(=O)CCC/C=C\C/C=C\C/C=C\C/C=C\C/C=C\CC)OC(=O)CCCCCC/C=C\C/C=C\C/C=C\C/C=C\CC. The van der Waals surface area contributed by atoms with Gasteiger partial charge < -0.3 is 34.2 Å². The summed E-state index contributed by atoms with van der Waals surface area (Å²) in [5.41, 5.74) is 0. The third-order valence-electron chi connectivity index (χ3n) is 15.9. The maximum atomic E-state index is 12.9. The molecule has 586 valence electrons. The van der Waals surface area contributed by atoms with E-state index in [0.29, 0.717) is 25.7 Å². The Morgan fingerprint density at radius 1 is 0.272 bits per heavy atom. The summed E-state index contributed by atoms with van der Waals surface area (Å²) < 4.78 is 61.0. The number of rotatable bonds is 73. The molecule has 103 heavy (non-hydrogen) atoms. The van der Waals surface area contributed by atoms with Crippen LogP contribution in [0.4, 0.5) is 0 Å². The van der Waals surface area contributed by atoms with Gasteiger partial charge in [0.1, 0.15) is 25.4 Å². The molecule has 0 aliphatic carbocycles. The summed E-state index contributed by atoms with van der Waals surface area (Å²) in [4.78, 5) is 58.6.